The summed E-state index contributed by atoms with van der Waals surface area (Å²) in [5.74, 6) is 1.73. The molecule has 0 radical (unpaired) electrons. The van der Waals surface area contributed by atoms with Crippen molar-refractivity contribution in [3.63, 3.8) is 0 Å². The molecule has 0 saturated heterocycles. The highest BCUT2D eigenvalue weighted by atomic mass is 16.5. The third-order valence-corrected chi connectivity index (χ3v) is 4.34. The van der Waals surface area contributed by atoms with Crippen LogP contribution in [0, 0.1) is 17.2 Å². The van der Waals surface area contributed by atoms with Gasteiger partial charge in [-0.3, -0.25) is 0 Å². The van der Waals surface area contributed by atoms with E-state index in [1.807, 2.05) is 24.3 Å². The molecule has 1 aliphatic rings. The van der Waals surface area contributed by atoms with E-state index in [-0.39, 0.29) is 6.61 Å². The maximum Gasteiger partial charge on any atom is 0.174 e. The molecule has 2 rings (SSSR count). The van der Waals surface area contributed by atoms with E-state index in [0.717, 1.165) is 18.2 Å². The fourth-order valence-electron chi connectivity index (χ4n) is 3.19. The van der Waals surface area contributed by atoms with Gasteiger partial charge < -0.3 is 10.1 Å². The van der Waals surface area contributed by atoms with Crippen LogP contribution in [-0.2, 0) is 6.54 Å². The average molecular weight is 286 g/mol. The van der Waals surface area contributed by atoms with E-state index in [4.69, 9.17) is 10.00 Å². The lowest BCUT2D eigenvalue weighted by Crippen LogP contribution is -2.32. The smallest absolute Gasteiger partial charge is 0.174 e. The quantitative estimate of drug-likeness (QED) is 0.823. The largest absolute Gasteiger partial charge is 0.479 e. The lowest BCUT2D eigenvalue weighted by Gasteiger charge is -2.29. The Labute approximate surface area is 128 Å². The zero-order valence-corrected chi connectivity index (χ0v) is 13.0. The van der Waals surface area contributed by atoms with Gasteiger partial charge in [0, 0.05) is 12.6 Å². The number of benzene rings is 1. The van der Waals surface area contributed by atoms with E-state index >= 15 is 0 Å². The van der Waals surface area contributed by atoms with Gasteiger partial charge >= 0.3 is 0 Å². The van der Waals surface area contributed by atoms with Gasteiger partial charge in [0.1, 0.15) is 11.8 Å². The SMILES string of the molecule is CCCC1CCC(NCc2cccc(OCC#N)c2)CC1. The van der Waals surface area contributed by atoms with Crippen LogP contribution in [0.15, 0.2) is 24.3 Å². The summed E-state index contributed by atoms with van der Waals surface area (Å²) >= 11 is 0. The Kier molecular flexibility index (Phi) is 6.56. The number of ether oxygens (including phenoxy) is 1. The zero-order chi connectivity index (χ0) is 14.9. The van der Waals surface area contributed by atoms with Gasteiger partial charge in [0.2, 0.25) is 0 Å². The van der Waals surface area contributed by atoms with Gasteiger partial charge in [0.15, 0.2) is 6.61 Å². The Bertz CT molecular complexity index is 459. The minimum Gasteiger partial charge on any atom is -0.479 e. The van der Waals surface area contributed by atoms with Crippen molar-refractivity contribution >= 4 is 0 Å². The van der Waals surface area contributed by atoms with Crippen LogP contribution in [0.2, 0.25) is 0 Å². The molecule has 0 aliphatic heterocycles. The van der Waals surface area contributed by atoms with Gasteiger partial charge in [-0.25, -0.2) is 0 Å². The maximum absolute atomic E-state index is 8.54. The summed E-state index contributed by atoms with van der Waals surface area (Å²) in [5.41, 5.74) is 1.22. The predicted molar refractivity (Wildman–Crippen MR) is 85.0 cm³/mol. The summed E-state index contributed by atoms with van der Waals surface area (Å²) in [6, 6.07) is 10.7. The summed E-state index contributed by atoms with van der Waals surface area (Å²) in [6.45, 7) is 3.27. The van der Waals surface area contributed by atoms with Gasteiger partial charge in [-0.15, -0.1) is 0 Å². The molecule has 3 nitrogen and oxygen atoms in total. The highest BCUT2D eigenvalue weighted by Gasteiger charge is 2.19. The highest BCUT2D eigenvalue weighted by molar-refractivity contribution is 5.28. The van der Waals surface area contributed by atoms with Crippen LogP contribution in [0.1, 0.15) is 51.0 Å². The second kappa shape index (κ2) is 8.69. The van der Waals surface area contributed by atoms with E-state index in [2.05, 4.69) is 18.3 Å². The van der Waals surface area contributed by atoms with E-state index in [0.29, 0.717) is 6.04 Å². The lowest BCUT2D eigenvalue weighted by molar-refractivity contribution is 0.277. The summed E-state index contributed by atoms with van der Waals surface area (Å²) < 4.78 is 5.34. The fourth-order valence-corrected chi connectivity index (χ4v) is 3.19. The number of nitrogens with zero attached hydrogens (tertiary/aromatic N) is 1. The molecule has 0 unspecified atom stereocenters. The summed E-state index contributed by atoms with van der Waals surface area (Å²) in [4.78, 5) is 0. The van der Waals surface area contributed by atoms with Gasteiger partial charge in [0.25, 0.3) is 0 Å². The molecule has 0 amide bonds. The molecule has 0 bridgehead atoms. The molecular formula is C18H26N2O. The van der Waals surface area contributed by atoms with Crippen LogP contribution in [0.4, 0.5) is 0 Å². The fraction of sp³-hybridized carbons (Fsp3) is 0.611. The third-order valence-electron chi connectivity index (χ3n) is 4.34. The maximum atomic E-state index is 8.54. The summed E-state index contributed by atoms with van der Waals surface area (Å²) in [7, 11) is 0. The van der Waals surface area contributed by atoms with E-state index < -0.39 is 0 Å². The molecule has 0 atom stereocenters. The first-order chi connectivity index (χ1) is 10.3. The topological polar surface area (TPSA) is 45.0 Å². The van der Waals surface area contributed by atoms with Crippen LogP contribution < -0.4 is 10.1 Å². The Morgan fingerprint density at radius 2 is 2.10 bits per heavy atom. The average Bonchev–Trinajstić information content (AvgIpc) is 2.53. The first-order valence-corrected chi connectivity index (χ1v) is 8.14. The van der Waals surface area contributed by atoms with E-state index in [9.17, 15) is 0 Å². The molecule has 0 heterocycles. The van der Waals surface area contributed by atoms with Crippen molar-refractivity contribution in [1.29, 1.82) is 5.26 Å². The van der Waals surface area contributed by atoms with Crippen molar-refractivity contribution in [2.24, 2.45) is 5.92 Å². The van der Waals surface area contributed by atoms with Crippen LogP contribution in [-0.4, -0.2) is 12.6 Å². The van der Waals surface area contributed by atoms with Gasteiger partial charge in [0.05, 0.1) is 0 Å². The van der Waals surface area contributed by atoms with Crippen LogP contribution in [0.25, 0.3) is 0 Å². The molecule has 114 valence electrons. The minimum atomic E-state index is 0.109. The lowest BCUT2D eigenvalue weighted by atomic mass is 9.83. The second-order valence-electron chi connectivity index (χ2n) is 5.98. The Hall–Kier alpha value is -1.53. The molecule has 1 aliphatic carbocycles. The van der Waals surface area contributed by atoms with Crippen molar-refractivity contribution in [2.45, 2.75) is 58.0 Å². The molecular weight excluding hydrogens is 260 g/mol. The third kappa shape index (κ3) is 5.40. The number of hydrogen-bond acceptors (Lipinski definition) is 3. The molecule has 0 spiro atoms. The molecule has 1 aromatic rings. The summed E-state index contributed by atoms with van der Waals surface area (Å²) in [5, 5.41) is 12.2. The Morgan fingerprint density at radius 1 is 1.29 bits per heavy atom. The normalized spacial score (nSPS) is 21.7. The van der Waals surface area contributed by atoms with E-state index in [1.165, 1.54) is 44.1 Å². The zero-order valence-electron chi connectivity index (χ0n) is 13.0. The Balaban J connectivity index is 1.75. The predicted octanol–water partition coefficient (Wildman–Crippen LogP) is 4.04. The molecule has 0 aromatic heterocycles. The van der Waals surface area contributed by atoms with Gasteiger partial charge in [-0.1, -0.05) is 31.9 Å². The highest BCUT2D eigenvalue weighted by Crippen LogP contribution is 2.27. The van der Waals surface area contributed by atoms with E-state index in [1.54, 1.807) is 0 Å². The molecule has 1 N–H and O–H groups in total. The Morgan fingerprint density at radius 3 is 2.81 bits per heavy atom. The number of hydrogen-bond donors (Lipinski definition) is 1. The van der Waals surface area contributed by atoms with Crippen molar-refractivity contribution in [2.75, 3.05) is 6.61 Å². The number of nitrogens with one attached hydrogen (secondary N) is 1. The first kappa shape index (κ1) is 15.9. The standard InChI is InChI=1S/C18H26N2O/c1-2-4-15-7-9-17(10-8-15)20-14-16-5-3-6-18(13-16)21-12-11-19/h3,5-6,13,15,17,20H,2,4,7-10,12,14H2,1H3. The number of rotatable bonds is 7. The molecule has 1 saturated carbocycles. The van der Waals surface area contributed by atoms with Gasteiger partial charge in [-0.2, -0.15) is 5.26 Å². The summed E-state index contributed by atoms with van der Waals surface area (Å²) in [6.07, 6.45) is 8.06. The van der Waals surface area contributed by atoms with Crippen LogP contribution in [0.3, 0.4) is 0 Å². The van der Waals surface area contributed by atoms with Gasteiger partial charge in [-0.05, 0) is 49.3 Å². The van der Waals surface area contributed by atoms with Crippen LogP contribution >= 0.6 is 0 Å². The molecule has 1 fully saturated rings. The van der Waals surface area contributed by atoms with Crippen molar-refractivity contribution < 1.29 is 4.74 Å². The minimum absolute atomic E-state index is 0.109. The molecule has 3 heteroatoms. The number of nitriles is 1. The first-order valence-electron chi connectivity index (χ1n) is 8.14. The molecule has 21 heavy (non-hydrogen) atoms. The molecule has 1 aromatic carbocycles. The van der Waals surface area contributed by atoms with Crippen LogP contribution in [0.5, 0.6) is 5.75 Å². The van der Waals surface area contributed by atoms with Crippen molar-refractivity contribution in [3.05, 3.63) is 29.8 Å². The van der Waals surface area contributed by atoms with Crippen molar-refractivity contribution in [1.82, 2.24) is 5.32 Å². The monoisotopic (exact) mass is 286 g/mol. The second-order valence-corrected chi connectivity index (χ2v) is 5.98. The van der Waals surface area contributed by atoms with Crippen molar-refractivity contribution in [3.8, 4) is 11.8 Å².